The first kappa shape index (κ1) is 12.9. The van der Waals surface area contributed by atoms with E-state index in [0.29, 0.717) is 18.7 Å². The molecule has 1 saturated heterocycles. The molecule has 1 fully saturated rings. The molecule has 1 aliphatic rings. The van der Waals surface area contributed by atoms with Crippen LogP contribution < -0.4 is 11.1 Å². The minimum Gasteiger partial charge on any atom is -0.399 e. The number of ether oxygens (including phenoxy) is 1. The standard InChI is InChI=1S/C14H20N2O2/c1-14(7-2-8-18-14)10-16-13(17)9-11-3-5-12(15)6-4-11/h3-6H,2,7-10,15H2,1H3,(H,16,17). The normalized spacial score (nSPS) is 22.9. The van der Waals surface area contributed by atoms with Crippen molar-refractivity contribution >= 4 is 11.6 Å². The molecule has 0 aliphatic carbocycles. The molecule has 2 rings (SSSR count). The molecule has 0 bridgehead atoms. The zero-order valence-electron chi connectivity index (χ0n) is 10.7. The number of carbonyl (C=O) groups is 1. The van der Waals surface area contributed by atoms with Gasteiger partial charge in [-0.05, 0) is 37.5 Å². The molecule has 1 aromatic rings. The number of amides is 1. The lowest BCUT2D eigenvalue weighted by Crippen LogP contribution is -2.40. The van der Waals surface area contributed by atoms with Gasteiger partial charge in [-0.15, -0.1) is 0 Å². The number of nitrogens with two attached hydrogens (primary N) is 1. The van der Waals surface area contributed by atoms with Gasteiger partial charge in [0, 0.05) is 18.8 Å². The predicted octanol–water partition coefficient (Wildman–Crippen LogP) is 1.50. The van der Waals surface area contributed by atoms with Crippen molar-refractivity contribution in [3.05, 3.63) is 29.8 Å². The topological polar surface area (TPSA) is 64.4 Å². The van der Waals surface area contributed by atoms with Crippen LogP contribution in [0.3, 0.4) is 0 Å². The lowest BCUT2D eigenvalue weighted by molar-refractivity contribution is -0.121. The number of benzene rings is 1. The van der Waals surface area contributed by atoms with Crippen LogP contribution in [0.4, 0.5) is 5.69 Å². The van der Waals surface area contributed by atoms with E-state index in [1.54, 1.807) is 0 Å². The van der Waals surface area contributed by atoms with Crippen LogP contribution in [0.5, 0.6) is 0 Å². The van der Waals surface area contributed by atoms with E-state index >= 15 is 0 Å². The molecule has 1 aromatic carbocycles. The van der Waals surface area contributed by atoms with Crippen LogP contribution in [0.1, 0.15) is 25.3 Å². The zero-order valence-corrected chi connectivity index (χ0v) is 10.7. The van der Waals surface area contributed by atoms with Crippen LogP contribution in [0.15, 0.2) is 24.3 Å². The second kappa shape index (κ2) is 5.40. The fraction of sp³-hybridized carbons (Fsp3) is 0.500. The van der Waals surface area contributed by atoms with Gasteiger partial charge in [-0.25, -0.2) is 0 Å². The summed E-state index contributed by atoms with van der Waals surface area (Å²) in [5.74, 6) is 0.0245. The molecule has 4 heteroatoms. The predicted molar refractivity (Wildman–Crippen MR) is 71.2 cm³/mol. The Hall–Kier alpha value is -1.55. The van der Waals surface area contributed by atoms with Gasteiger partial charge in [0.05, 0.1) is 12.0 Å². The molecule has 1 atom stereocenters. The summed E-state index contributed by atoms with van der Waals surface area (Å²) in [5, 5.41) is 2.93. The van der Waals surface area contributed by atoms with E-state index in [0.717, 1.165) is 25.0 Å². The van der Waals surface area contributed by atoms with Crippen molar-refractivity contribution < 1.29 is 9.53 Å². The molecule has 0 aromatic heterocycles. The third-order valence-corrected chi connectivity index (χ3v) is 3.30. The maximum Gasteiger partial charge on any atom is 0.224 e. The van der Waals surface area contributed by atoms with Crippen LogP contribution in [-0.4, -0.2) is 24.7 Å². The van der Waals surface area contributed by atoms with Crippen LogP contribution in [0.2, 0.25) is 0 Å². The van der Waals surface area contributed by atoms with Gasteiger partial charge >= 0.3 is 0 Å². The molecule has 0 saturated carbocycles. The average Bonchev–Trinajstić information content (AvgIpc) is 2.78. The monoisotopic (exact) mass is 248 g/mol. The van der Waals surface area contributed by atoms with Crippen LogP contribution in [-0.2, 0) is 16.0 Å². The smallest absolute Gasteiger partial charge is 0.224 e. The van der Waals surface area contributed by atoms with E-state index in [9.17, 15) is 4.79 Å². The summed E-state index contributed by atoms with van der Waals surface area (Å²) in [4.78, 5) is 11.8. The summed E-state index contributed by atoms with van der Waals surface area (Å²) in [5.41, 5.74) is 7.10. The van der Waals surface area contributed by atoms with Crippen molar-refractivity contribution in [1.82, 2.24) is 5.32 Å². The van der Waals surface area contributed by atoms with E-state index in [-0.39, 0.29) is 11.5 Å². The summed E-state index contributed by atoms with van der Waals surface area (Å²) in [7, 11) is 0. The van der Waals surface area contributed by atoms with E-state index in [1.165, 1.54) is 0 Å². The maximum absolute atomic E-state index is 11.8. The molecule has 1 unspecified atom stereocenters. The number of hydrogen-bond donors (Lipinski definition) is 2. The van der Waals surface area contributed by atoms with Crippen LogP contribution >= 0.6 is 0 Å². The Bertz CT molecular complexity index is 408. The van der Waals surface area contributed by atoms with Crippen molar-refractivity contribution in [1.29, 1.82) is 0 Å². The van der Waals surface area contributed by atoms with Crippen molar-refractivity contribution in [3.8, 4) is 0 Å². The van der Waals surface area contributed by atoms with Gasteiger partial charge in [-0.1, -0.05) is 12.1 Å². The minimum atomic E-state index is -0.184. The summed E-state index contributed by atoms with van der Waals surface area (Å²) >= 11 is 0. The minimum absolute atomic E-state index is 0.0245. The molecule has 3 N–H and O–H groups in total. The van der Waals surface area contributed by atoms with Gasteiger partial charge in [0.15, 0.2) is 0 Å². The highest BCUT2D eigenvalue weighted by atomic mass is 16.5. The molecule has 98 valence electrons. The molecule has 0 radical (unpaired) electrons. The first-order valence-electron chi connectivity index (χ1n) is 6.32. The van der Waals surface area contributed by atoms with Crippen molar-refractivity contribution in [2.24, 2.45) is 0 Å². The summed E-state index contributed by atoms with van der Waals surface area (Å²) < 4.78 is 5.63. The fourth-order valence-corrected chi connectivity index (χ4v) is 2.15. The number of anilines is 1. The Kier molecular flexibility index (Phi) is 3.87. The van der Waals surface area contributed by atoms with E-state index in [2.05, 4.69) is 5.32 Å². The van der Waals surface area contributed by atoms with Gasteiger partial charge in [-0.3, -0.25) is 4.79 Å². The second-order valence-electron chi connectivity index (χ2n) is 5.10. The largest absolute Gasteiger partial charge is 0.399 e. The van der Waals surface area contributed by atoms with Crippen LogP contribution in [0.25, 0.3) is 0 Å². The number of carbonyl (C=O) groups excluding carboxylic acids is 1. The third-order valence-electron chi connectivity index (χ3n) is 3.30. The molecular weight excluding hydrogens is 228 g/mol. The van der Waals surface area contributed by atoms with E-state index in [1.807, 2.05) is 31.2 Å². The van der Waals surface area contributed by atoms with Crippen molar-refractivity contribution in [2.45, 2.75) is 31.8 Å². The molecule has 18 heavy (non-hydrogen) atoms. The maximum atomic E-state index is 11.8. The number of hydrogen-bond acceptors (Lipinski definition) is 3. The molecule has 1 heterocycles. The lowest BCUT2D eigenvalue weighted by Gasteiger charge is -2.23. The quantitative estimate of drug-likeness (QED) is 0.794. The van der Waals surface area contributed by atoms with Gasteiger partial charge in [0.1, 0.15) is 0 Å². The Morgan fingerprint density at radius 2 is 2.17 bits per heavy atom. The highest BCUT2D eigenvalue weighted by molar-refractivity contribution is 5.78. The first-order valence-corrected chi connectivity index (χ1v) is 6.32. The summed E-state index contributed by atoms with van der Waals surface area (Å²) in [6, 6.07) is 7.37. The molecular formula is C14H20N2O2. The number of rotatable bonds is 4. The third kappa shape index (κ3) is 3.47. The molecule has 1 amide bonds. The molecule has 0 spiro atoms. The molecule has 1 aliphatic heterocycles. The van der Waals surface area contributed by atoms with Gasteiger partial charge in [0.25, 0.3) is 0 Å². The second-order valence-corrected chi connectivity index (χ2v) is 5.10. The van der Waals surface area contributed by atoms with E-state index in [4.69, 9.17) is 10.5 Å². The SMILES string of the molecule is CC1(CNC(=O)Cc2ccc(N)cc2)CCCO1. The zero-order chi connectivity index (χ0) is 13.0. The summed E-state index contributed by atoms with van der Waals surface area (Å²) in [6.07, 6.45) is 2.47. The fourth-order valence-electron chi connectivity index (χ4n) is 2.15. The average molecular weight is 248 g/mol. The highest BCUT2D eigenvalue weighted by Gasteiger charge is 2.29. The summed E-state index contributed by atoms with van der Waals surface area (Å²) in [6.45, 7) is 3.43. The number of nitrogen functional groups attached to an aromatic ring is 1. The first-order chi connectivity index (χ1) is 8.57. The van der Waals surface area contributed by atoms with Crippen molar-refractivity contribution in [2.75, 3.05) is 18.9 Å². The highest BCUT2D eigenvalue weighted by Crippen LogP contribution is 2.23. The Morgan fingerprint density at radius 3 is 2.78 bits per heavy atom. The Labute approximate surface area is 108 Å². The number of nitrogens with one attached hydrogen (secondary N) is 1. The van der Waals surface area contributed by atoms with E-state index < -0.39 is 0 Å². The van der Waals surface area contributed by atoms with Crippen LogP contribution in [0, 0.1) is 0 Å². The van der Waals surface area contributed by atoms with Gasteiger partial charge < -0.3 is 15.8 Å². The lowest BCUT2D eigenvalue weighted by atomic mass is 10.0. The Morgan fingerprint density at radius 1 is 1.44 bits per heavy atom. The van der Waals surface area contributed by atoms with Gasteiger partial charge in [-0.2, -0.15) is 0 Å². The van der Waals surface area contributed by atoms with Gasteiger partial charge in [0.2, 0.25) is 5.91 Å². The van der Waals surface area contributed by atoms with Crippen molar-refractivity contribution in [3.63, 3.8) is 0 Å². The Balaban J connectivity index is 1.80. The molecule has 4 nitrogen and oxygen atoms in total.